The molecule has 0 aromatic heterocycles. The minimum absolute atomic E-state index is 0.00202. The van der Waals surface area contributed by atoms with Crippen molar-refractivity contribution in [2.75, 3.05) is 6.26 Å². The third kappa shape index (κ3) is 4.83. The lowest BCUT2D eigenvalue weighted by Crippen LogP contribution is -2.14. The lowest BCUT2D eigenvalue weighted by Gasteiger charge is -2.14. The highest BCUT2D eigenvalue weighted by molar-refractivity contribution is 7.86. The lowest BCUT2D eigenvalue weighted by atomic mass is 10.1. The maximum Gasteiger partial charge on any atom is 0.306 e. The van der Waals surface area contributed by atoms with Crippen LogP contribution >= 0.6 is 0 Å². The second-order valence-corrected chi connectivity index (χ2v) is 5.08. The van der Waals surface area contributed by atoms with Crippen LogP contribution in [0.25, 0.3) is 0 Å². The molecular formula is C10H12O6S. The minimum Gasteiger partial charge on any atom is -0.508 e. The van der Waals surface area contributed by atoms with Crippen LogP contribution in [0.4, 0.5) is 0 Å². The molecule has 0 fully saturated rings. The SMILES string of the molecule is CS(=O)(=O)OC(CC(=O)O)c1ccc(O)cc1. The summed E-state index contributed by atoms with van der Waals surface area (Å²) in [5.74, 6) is -1.17. The molecule has 0 amide bonds. The van der Waals surface area contributed by atoms with Crippen molar-refractivity contribution in [2.45, 2.75) is 12.5 Å². The number of carbonyl (C=O) groups is 1. The van der Waals surface area contributed by atoms with Crippen molar-refractivity contribution < 1.29 is 27.6 Å². The second kappa shape index (κ2) is 5.15. The van der Waals surface area contributed by atoms with Crippen molar-refractivity contribution in [1.82, 2.24) is 0 Å². The Hall–Kier alpha value is -1.60. The van der Waals surface area contributed by atoms with Crippen molar-refractivity contribution in [2.24, 2.45) is 0 Å². The Labute approximate surface area is 98.6 Å². The third-order valence-electron chi connectivity index (χ3n) is 1.92. The van der Waals surface area contributed by atoms with Gasteiger partial charge in [0.2, 0.25) is 0 Å². The summed E-state index contributed by atoms with van der Waals surface area (Å²) in [6.07, 6.45) is -0.719. The van der Waals surface area contributed by atoms with Gasteiger partial charge in [-0.3, -0.25) is 8.98 Å². The average Bonchev–Trinajstić information content (AvgIpc) is 2.14. The van der Waals surface area contributed by atoms with Crippen LogP contribution in [0.1, 0.15) is 18.1 Å². The molecule has 0 saturated heterocycles. The topological polar surface area (TPSA) is 101 Å². The molecule has 6 nitrogen and oxygen atoms in total. The minimum atomic E-state index is -3.75. The van der Waals surface area contributed by atoms with Gasteiger partial charge in [0.1, 0.15) is 11.9 Å². The first-order valence-electron chi connectivity index (χ1n) is 4.67. The summed E-state index contributed by atoms with van der Waals surface area (Å²) in [6, 6.07) is 5.48. The predicted molar refractivity (Wildman–Crippen MR) is 59.0 cm³/mol. The number of phenols is 1. The zero-order valence-corrected chi connectivity index (χ0v) is 9.85. The number of hydrogen-bond acceptors (Lipinski definition) is 5. The van der Waals surface area contributed by atoms with Crippen molar-refractivity contribution in [3.05, 3.63) is 29.8 Å². The highest BCUT2D eigenvalue weighted by Crippen LogP contribution is 2.24. The van der Waals surface area contributed by atoms with Crippen LogP contribution in [0.15, 0.2) is 24.3 Å². The molecule has 7 heteroatoms. The summed E-state index contributed by atoms with van der Waals surface area (Å²) in [6.45, 7) is 0. The van der Waals surface area contributed by atoms with Crippen molar-refractivity contribution in [3.63, 3.8) is 0 Å². The summed E-state index contributed by atoms with van der Waals surface area (Å²) in [5, 5.41) is 17.7. The fourth-order valence-electron chi connectivity index (χ4n) is 1.27. The highest BCUT2D eigenvalue weighted by atomic mass is 32.2. The molecule has 0 bridgehead atoms. The molecule has 1 aromatic rings. The Bertz CT molecular complexity index is 490. The molecule has 0 radical (unpaired) electrons. The number of hydrogen-bond donors (Lipinski definition) is 2. The molecule has 1 aromatic carbocycles. The van der Waals surface area contributed by atoms with Gasteiger partial charge >= 0.3 is 5.97 Å². The zero-order chi connectivity index (χ0) is 13.1. The van der Waals surface area contributed by atoms with Gasteiger partial charge < -0.3 is 10.2 Å². The first-order valence-corrected chi connectivity index (χ1v) is 6.48. The largest absolute Gasteiger partial charge is 0.508 e. The number of carboxylic acids is 1. The van der Waals surface area contributed by atoms with Crippen LogP contribution in [0.3, 0.4) is 0 Å². The fraction of sp³-hybridized carbons (Fsp3) is 0.300. The van der Waals surface area contributed by atoms with E-state index in [1.54, 1.807) is 0 Å². The Morgan fingerprint density at radius 2 is 1.88 bits per heavy atom. The zero-order valence-electron chi connectivity index (χ0n) is 9.03. The Morgan fingerprint density at radius 3 is 2.29 bits per heavy atom. The summed E-state index contributed by atoms with van der Waals surface area (Å²) >= 11 is 0. The van der Waals surface area contributed by atoms with E-state index in [0.29, 0.717) is 5.56 Å². The van der Waals surface area contributed by atoms with Gasteiger partial charge in [0.05, 0.1) is 12.7 Å². The average molecular weight is 260 g/mol. The van der Waals surface area contributed by atoms with Gasteiger partial charge in [-0.15, -0.1) is 0 Å². The molecule has 1 unspecified atom stereocenters. The second-order valence-electron chi connectivity index (χ2n) is 3.48. The molecule has 0 saturated carbocycles. The van der Waals surface area contributed by atoms with Gasteiger partial charge in [-0.1, -0.05) is 12.1 Å². The summed E-state index contributed by atoms with van der Waals surface area (Å²) < 4.78 is 26.7. The molecule has 0 aliphatic rings. The first-order chi connectivity index (χ1) is 7.78. The van der Waals surface area contributed by atoms with E-state index in [4.69, 9.17) is 10.2 Å². The van der Waals surface area contributed by atoms with Gasteiger partial charge in [0, 0.05) is 0 Å². The molecule has 17 heavy (non-hydrogen) atoms. The van der Waals surface area contributed by atoms with E-state index in [2.05, 4.69) is 4.18 Å². The maximum absolute atomic E-state index is 11.0. The third-order valence-corrected chi connectivity index (χ3v) is 2.50. The van der Waals surface area contributed by atoms with E-state index in [0.717, 1.165) is 6.26 Å². The number of phenolic OH excluding ortho intramolecular Hbond substituents is 1. The summed E-state index contributed by atoms with van der Waals surface area (Å²) in [7, 11) is -3.75. The quantitative estimate of drug-likeness (QED) is 0.762. The molecule has 0 aliphatic carbocycles. The van der Waals surface area contributed by atoms with Gasteiger partial charge in [0.15, 0.2) is 0 Å². The number of aliphatic carboxylic acids is 1. The number of benzene rings is 1. The molecule has 0 heterocycles. The Kier molecular flexibility index (Phi) is 4.08. The van der Waals surface area contributed by atoms with Gasteiger partial charge in [-0.2, -0.15) is 8.42 Å². The van der Waals surface area contributed by atoms with E-state index in [-0.39, 0.29) is 5.75 Å². The van der Waals surface area contributed by atoms with E-state index in [1.807, 2.05) is 0 Å². The number of rotatable bonds is 5. The molecular weight excluding hydrogens is 248 g/mol. The van der Waals surface area contributed by atoms with Crippen LogP contribution in [-0.4, -0.2) is 30.9 Å². The normalized spacial score (nSPS) is 13.2. The van der Waals surface area contributed by atoms with Crippen LogP contribution in [-0.2, 0) is 19.1 Å². The van der Waals surface area contributed by atoms with E-state index >= 15 is 0 Å². The van der Waals surface area contributed by atoms with Crippen LogP contribution < -0.4 is 0 Å². The molecule has 0 aliphatic heterocycles. The van der Waals surface area contributed by atoms with E-state index in [9.17, 15) is 13.2 Å². The van der Waals surface area contributed by atoms with Crippen LogP contribution in [0, 0.1) is 0 Å². The standard InChI is InChI=1S/C10H12O6S/c1-17(14,15)16-9(6-10(12)13)7-2-4-8(11)5-3-7/h2-5,9,11H,6H2,1H3,(H,12,13). The van der Waals surface area contributed by atoms with E-state index < -0.39 is 28.6 Å². The highest BCUT2D eigenvalue weighted by Gasteiger charge is 2.20. The van der Waals surface area contributed by atoms with Gasteiger partial charge in [-0.05, 0) is 17.7 Å². The van der Waals surface area contributed by atoms with Gasteiger partial charge in [0.25, 0.3) is 10.1 Å². The molecule has 0 spiro atoms. The monoisotopic (exact) mass is 260 g/mol. The van der Waals surface area contributed by atoms with Crippen molar-refractivity contribution in [1.29, 1.82) is 0 Å². The molecule has 2 N–H and O–H groups in total. The molecule has 1 rings (SSSR count). The van der Waals surface area contributed by atoms with Crippen LogP contribution in [0.5, 0.6) is 5.75 Å². The van der Waals surface area contributed by atoms with Gasteiger partial charge in [-0.25, -0.2) is 0 Å². The lowest BCUT2D eigenvalue weighted by molar-refractivity contribution is -0.138. The van der Waals surface area contributed by atoms with Crippen molar-refractivity contribution >= 4 is 16.1 Å². The number of carboxylic acid groups (broad SMARTS) is 1. The molecule has 94 valence electrons. The Morgan fingerprint density at radius 1 is 1.35 bits per heavy atom. The first kappa shape index (κ1) is 13.5. The number of aromatic hydroxyl groups is 1. The summed E-state index contributed by atoms with van der Waals surface area (Å²) in [5.41, 5.74) is 0.371. The Balaban J connectivity index is 2.97. The smallest absolute Gasteiger partial charge is 0.306 e. The molecule has 1 atom stereocenters. The van der Waals surface area contributed by atoms with E-state index in [1.165, 1.54) is 24.3 Å². The van der Waals surface area contributed by atoms with Crippen LogP contribution in [0.2, 0.25) is 0 Å². The predicted octanol–water partition coefficient (Wildman–Crippen LogP) is 0.884. The fourth-order valence-corrected chi connectivity index (χ4v) is 1.87. The maximum atomic E-state index is 11.0. The summed E-state index contributed by atoms with van der Waals surface area (Å²) in [4.78, 5) is 10.6. The van der Waals surface area contributed by atoms with Crippen molar-refractivity contribution in [3.8, 4) is 5.75 Å².